The molecule has 0 amide bonds. The zero-order valence-corrected chi connectivity index (χ0v) is 20.7. The Hall–Kier alpha value is 0.276. The van der Waals surface area contributed by atoms with Crippen LogP contribution in [-0.4, -0.2) is 34.4 Å². The van der Waals surface area contributed by atoms with Gasteiger partial charge in [-0.15, -0.1) is 0 Å². The predicted molar refractivity (Wildman–Crippen MR) is 105 cm³/mol. The normalized spacial score (nSPS) is 13.1. The molecule has 0 radical (unpaired) electrons. The second kappa shape index (κ2) is 21.0. The van der Waals surface area contributed by atoms with Crippen molar-refractivity contribution in [2.24, 2.45) is 0 Å². The molecular formula is C21H39KO5. The van der Waals surface area contributed by atoms with Crippen molar-refractivity contribution in [3.63, 3.8) is 0 Å². The number of aliphatic hydroxyl groups excluding tert-OH is 1. The molecule has 0 saturated heterocycles. The summed E-state index contributed by atoms with van der Waals surface area (Å²) in [7, 11) is 0. The van der Waals surface area contributed by atoms with Crippen LogP contribution < -0.4 is 51.4 Å². The minimum atomic E-state index is -1.07. The van der Waals surface area contributed by atoms with Gasteiger partial charge in [-0.1, -0.05) is 57.6 Å². The van der Waals surface area contributed by atoms with E-state index in [9.17, 15) is 14.7 Å². The van der Waals surface area contributed by atoms with E-state index in [1.54, 1.807) is 0 Å². The van der Waals surface area contributed by atoms with Crippen LogP contribution in [0.2, 0.25) is 0 Å². The zero-order valence-electron chi connectivity index (χ0n) is 18.6. The van der Waals surface area contributed by atoms with Crippen LogP contribution in [0.5, 0.6) is 0 Å². The van der Waals surface area contributed by atoms with Crippen molar-refractivity contribution in [2.45, 2.75) is 110 Å². The van der Waals surface area contributed by atoms with E-state index in [1.807, 2.05) is 0 Å². The number of hydrogen-bond acceptors (Lipinski definition) is 4. The van der Waals surface area contributed by atoms with E-state index in [1.165, 1.54) is 19.8 Å². The summed E-state index contributed by atoms with van der Waals surface area (Å²) in [5, 5.41) is 17.9. The monoisotopic (exact) mass is 410 g/mol. The number of unbranched alkanes of at least 4 members (excludes halogenated alkanes) is 8. The van der Waals surface area contributed by atoms with E-state index in [4.69, 9.17) is 9.84 Å². The van der Waals surface area contributed by atoms with Crippen molar-refractivity contribution < 1.29 is 77.4 Å². The number of allylic oxidation sites excluding steroid dienone is 1. The van der Waals surface area contributed by atoms with Crippen LogP contribution in [0.4, 0.5) is 0 Å². The first kappa shape index (κ1) is 29.5. The fourth-order valence-electron chi connectivity index (χ4n) is 2.72. The summed E-state index contributed by atoms with van der Waals surface area (Å²) in [6.45, 7) is 3.60. The minimum Gasteiger partial charge on any atom is -1.00 e. The van der Waals surface area contributed by atoms with Gasteiger partial charge in [0.25, 0.3) is 0 Å². The number of carboxylic acid groups (broad SMARTS) is 1. The summed E-state index contributed by atoms with van der Waals surface area (Å²) in [5.41, 5.74) is 0. The van der Waals surface area contributed by atoms with Crippen molar-refractivity contribution in [1.82, 2.24) is 0 Å². The Morgan fingerprint density at radius 3 is 2.26 bits per heavy atom. The molecule has 0 spiro atoms. The van der Waals surface area contributed by atoms with Crippen LogP contribution in [-0.2, 0) is 14.3 Å². The van der Waals surface area contributed by atoms with Crippen molar-refractivity contribution in [3.8, 4) is 0 Å². The first-order valence-corrected chi connectivity index (χ1v) is 10.2. The second-order valence-electron chi connectivity index (χ2n) is 6.99. The maximum absolute atomic E-state index is 11.6. The van der Waals surface area contributed by atoms with Crippen LogP contribution in [0.3, 0.4) is 0 Å². The SMILES string of the molecule is CCCCCC[C@H](C/C=C\CCCCCCCC(=O)O)OC(=O)C(C)O.[H-].[K+]. The van der Waals surface area contributed by atoms with Crippen LogP contribution in [0, 0.1) is 0 Å². The van der Waals surface area contributed by atoms with E-state index in [2.05, 4.69) is 19.1 Å². The zero-order chi connectivity index (χ0) is 19.6. The third kappa shape index (κ3) is 20.8. The summed E-state index contributed by atoms with van der Waals surface area (Å²) in [4.78, 5) is 22.0. The quantitative estimate of drug-likeness (QED) is 0.166. The van der Waals surface area contributed by atoms with E-state index in [-0.39, 0.29) is 65.3 Å². The molecule has 0 rings (SSSR count). The largest absolute Gasteiger partial charge is 1.00 e. The van der Waals surface area contributed by atoms with E-state index in [0.717, 1.165) is 57.8 Å². The molecule has 0 aliphatic carbocycles. The van der Waals surface area contributed by atoms with Crippen LogP contribution in [0.15, 0.2) is 12.2 Å². The molecule has 0 aromatic heterocycles. The number of aliphatic hydroxyl groups is 1. The topological polar surface area (TPSA) is 83.8 Å². The number of esters is 1. The Labute approximate surface area is 209 Å². The summed E-state index contributed by atoms with van der Waals surface area (Å²) >= 11 is 0. The molecule has 0 aliphatic heterocycles. The maximum atomic E-state index is 11.6. The van der Waals surface area contributed by atoms with Crippen molar-refractivity contribution in [1.29, 1.82) is 0 Å². The fourth-order valence-corrected chi connectivity index (χ4v) is 2.72. The number of carbonyl (C=O) groups excluding carboxylic acids is 1. The third-order valence-electron chi connectivity index (χ3n) is 4.33. The van der Waals surface area contributed by atoms with Gasteiger partial charge in [0, 0.05) is 12.8 Å². The standard InChI is InChI=1S/C21H38O5.K.H/c1-3-4-5-12-15-19(26-21(25)18(2)22)16-13-10-8-6-7-9-11-14-17-20(23)24;;/h10,13,18-19,22H,3-9,11-12,14-17H2,1-2H3,(H,23,24);;/q;+1;-1/b13-10-;;/t18?,19-;;/m1../s1. The third-order valence-corrected chi connectivity index (χ3v) is 4.33. The molecule has 2 atom stereocenters. The first-order chi connectivity index (χ1) is 12.5. The van der Waals surface area contributed by atoms with Crippen molar-refractivity contribution in [3.05, 3.63) is 12.2 Å². The Bertz CT molecular complexity index is 402. The van der Waals surface area contributed by atoms with Gasteiger partial charge in [-0.2, -0.15) is 0 Å². The summed E-state index contributed by atoms with van der Waals surface area (Å²) in [5.74, 6) is -1.26. The van der Waals surface area contributed by atoms with Gasteiger partial charge in [-0.05, 0) is 39.0 Å². The van der Waals surface area contributed by atoms with Crippen molar-refractivity contribution in [2.75, 3.05) is 0 Å². The molecule has 1 unspecified atom stereocenters. The Morgan fingerprint density at radius 2 is 1.63 bits per heavy atom. The summed E-state index contributed by atoms with van der Waals surface area (Å²) in [6, 6.07) is 0. The summed E-state index contributed by atoms with van der Waals surface area (Å²) in [6.07, 6.45) is 15.4. The number of rotatable bonds is 17. The number of aliphatic carboxylic acids is 1. The van der Waals surface area contributed by atoms with Gasteiger partial charge in [-0.3, -0.25) is 4.79 Å². The number of hydrogen-bond donors (Lipinski definition) is 2. The summed E-state index contributed by atoms with van der Waals surface area (Å²) < 4.78 is 5.40. The van der Waals surface area contributed by atoms with Gasteiger partial charge in [0.2, 0.25) is 0 Å². The molecule has 0 aliphatic rings. The number of carboxylic acids is 1. The molecular weight excluding hydrogens is 371 g/mol. The van der Waals surface area contributed by atoms with Gasteiger partial charge in [0.1, 0.15) is 12.2 Å². The molecule has 0 saturated carbocycles. The van der Waals surface area contributed by atoms with Gasteiger partial charge < -0.3 is 16.4 Å². The predicted octanol–water partition coefficient (Wildman–Crippen LogP) is 2.13. The first-order valence-electron chi connectivity index (χ1n) is 10.2. The van der Waals surface area contributed by atoms with Gasteiger partial charge in [0.05, 0.1) is 0 Å². The molecule has 5 nitrogen and oxygen atoms in total. The Morgan fingerprint density at radius 1 is 1.00 bits per heavy atom. The number of ether oxygens (including phenoxy) is 1. The molecule has 0 bridgehead atoms. The maximum Gasteiger partial charge on any atom is 1.00 e. The molecule has 154 valence electrons. The van der Waals surface area contributed by atoms with E-state index in [0.29, 0.717) is 6.42 Å². The molecule has 0 fully saturated rings. The Kier molecular flexibility index (Phi) is 22.9. The van der Waals surface area contributed by atoms with Crippen molar-refractivity contribution >= 4 is 11.9 Å². The minimum absolute atomic E-state index is 0. The average Bonchev–Trinajstić information content (AvgIpc) is 2.59. The molecule has 6 heteroatoms. The van der Waals surface area contributed by atoms with Crippen LogP contribution in [0.1, 0.15) is 98.7 Å². The van der Waals surface area contributed by atoms with E-state index < -0.39 is 18.0 Å². The molecule has 27 heavy (non-hydrogen) atoms. The van der Waals surface area contributed by atoms with E-state index >= 15 is 0 Å². The molecule has 0 heterocycles. The van der Waals surface area contributed by atoms with Crippen LogP contribution >= 0.6 is 0 Å². The molecule has 2 N–H and O–H groups in total. The fraction of sp³-hybridized carbons (Fsp3) is 0.810. The smallest absolute Gasteiger partial charge is 1.00 e. The van der Waals surface area contributed by atoms with Gasteiger partial charge in [0.15, 0.2) is 0 Å². The van der Waals surface area contributed by atoms with Crippen LogP contribution in [0.25, 0.3) is 0 Å². The van der Waals surface area contributed by atoms with Gasteiger partial charge >= 0.3 is 63.3 Å². The second-order valence-corrected chi connectivity index (χ2v) is 6.99. The molecule has 0 aromatic carbocycles. The Balaban J connectivity index is -0.00000312. The van der Waals surface area contributed by atoms with Gasteiger partial charge in [-0.25, -0.2) is 4.79 Å². The molecule has 0 aromatic rings. The number of carbonyl (C=O) groups is 2. The average molecular weight is 411 g/mol.